The molecule has 1 amide bonds. The number of hydrogen-bond acceptors (Lipinski definition) is 1. The van der Waals surface area contributed by atoms with E-state index in [4.69, 9.17) is 0 Å². The average molecular weight is 269 g/mol. The number of aromatic nitrogens is 1. The van der Waals surface area contributed by atoms with Crippen LogP contribution in [0, 0.1) is 0 Å². The largest absolute Gasteiger partial charge is 0.349 e. The van der Waals surface area contributed by atoms with Crippen molar-refractivity contribution in [3.63, 3.8) is 0 Å². The van der Waals surface area contributed by atoms with Crippen molar-refractivity contribution in [3.05, 3.63) is 35.1 Å². The molecule has 1 atom stereocenters. The molecule has 0 spiro atoms. The van der Waals surface area contributed by atoms with Crippen molar-refractivity contribution in [3.8, 4) is 0 Å². The summed E-state index contributed by atoms with van der Waals surface area (Å²) in [6.45, 7) is 4.42. The second-order valence-corrected chi connectivity index (χ2v) is 4.60. The first kappa shape index (κ1) is 10.5. The quantitative estimate of drug-likeness (QED) is 0.840. The minimum atomic E-state index is 0.00977. The number of halogens is 1. The fourth-order valence-corrected chi connectivity index (χ4v) is 2.32. The highest BCUT2D eigenvalue weighted by Crippen LogP contribution is 2.25. The summed E-state index contributed by atoms with van der Waals surface area (Å²) in [7, 11) is 0. The third kappa shape index (κ3) is 2.00. The zero-order chi connectivity index (χ0) is 10.8. The van der Waals surface area contributed by atoms with E-state index in [-0.39, 0.29) is 5.91 Å². The van der Waals surface area contributed by atoms with Gasteiger partial charge in [0, 0.05) is 17.2 Å². The second kappa shape index (κ2) is 4.23. The van der Waals surface area contributed by atoms with Crippen LogP contribution in [-0.2, 0) is 0 Å². The van der Waals surface area contributed by atoms with E-state index in [9.17, 15) is 4.79 Å². The van der Waals surface area contributed by atoms with E-state index in [1.54, 1.807) is 0 Å². The molecule has 2 heterocycles. The van der Waals surface area contributed by atoms with Gasteiger partial charge in [0.2, 0.25) is 0 Å². The van der Waals surface area contributed by atoms with Gasteiger partial charge in [-0.1, -0.05) is 6.08 Å². The van der Waals surface area contributed by atoms with Gasteiger partial charge < -0.3 is 9.88 Å². The molecule has 0 radical (unpaired) electrons. The number of nitrogens with zero attached hydrogens (tertiary/aromatic N) is 1. The summed E-state index contributed by atoms with van der Waals surface area (Å²) in [4.78, 5) is 11.5. The Morgan fingerprint density at radius 3 is 3.27 bits per heavy atom. The fraction of sp³-hybridized carbons (Fsp3) is 0.364. The maximum absolute atomic E-state index is 11.5. The zero-order valence-corrected chi connectivity index (χ0v) is 9.96. The van der Waals surface area contributed by atoms with Crippen molar-refractivity contribution in [2.45, 2.75) is 18.9 Å². The molecule has 1 aliphatic rings. The minimum Gasteiger partial charge on any atom is -0.349 e. The van der Waals surface area contributed by atoms with Crippen LogP contribution in [-0.4, -0.2) is 17.0 Å². The molecule has 1 aromatic rings. The molecule has 1 N–H and O–H groups in total. The van der Waals surface area contributed by atoms with Crippen LogP contribution in [0.25, 0.3) is 0 Å². The third-order valence-corrected chi connectivity index (χ3v) is 3.08. The normalized spacial score (nSPS) is 19.5. The minimum absolute atomic E-state index is 0.00977. The van der Waals surface area contributed by atoms with Gasteiger partial charge in [-0.2, -0.15) is 0 Å². The van der Waals surface area contributed by atoms with Gasteiger partial charge in [-0.15, -0.1) is 6.58 Å². The molecule has 2 rings (SSSR count). The van der Waals surface area contributed by atoms with E-state index >= 15 is 0 Å². The first-order valence-corrected chi connectivity index (χ1v) is 5.78. The van der Waals surface area contributed by atoms with Crippen LogP contribution in [0.5, 0.6) is 0 Å². The van der Waals surface area contributed by atoms with Crippen LogP contribution in [0.3, 0.4) is 0 Å². The van der Waals surface area contributed by atoms with Gasteiger partial charge in [-0.05, 0) is 34.8 Å². The van der Waals surface area contributed by atoms with Crippen molar-refractivity contribution in [2.75, 3.05) is 6.54 Å². The van der Waals surface area contributed by atoms with E-state index in [1.165, 1.54) is 0 Å². The molecule has 15 heavy (non-hydrogen) atoms. The van der Waals surface area contributed by atoms with Crippen molar-refractivity contribution in [1.82, 2.24) is 9.88 Å². The maximum atomic E-state index is 11.5. The molecule has 3 nitrogen and oxygen atoms in total. The number of fused-ring (bicyclic) bond motifs is 1. The molecular formula is C11H13BrN2O. The number of rotatable bonds is 3. The summed E-state index contributed by atoms with van der Waals surface area (Å²) in [6.07, 6.45) is 5.87. The summed E-state index contributed by atoms with van der Waals surface area (Å²) in [5, 5.41) is 2.90. The van der Waals surface area contributed by atoms with Crippen LogP contribution in [0.15, 0.2) is 29.4 Å². The molecule has 1 aromatic heterocycles. The summed E-state index contributed by atoms with van der Waals surface area (Å²) >= 11 is 3.39. The van der Waals surface area contributed by atoms with Crippen LogP contribution in [0.1, 0.15) is 29.4 Å². The van der Waals surface area contributed by atoms with Gasteiger partial charge in [-0.3, -0.25) is 4.79 Å². The Bertz CT molecular complexity index is 397. The Hall–Kier alpha value is -1.03. The van der Waals surface area contributed by atoms with Crippen molar-refractivity contribution >= 4 is 21.8 Å². The number of hydrogen-bond donors (Lipinski definition) is 1. The van der Waals surface area contributed by atoms with E-state index in [0.29, 0.717) is 12.6 Å². The van der Waals surface area contributed by atoms with Crippen LogP contribution >= 0.6 is 15.9 Å². The second-order valence-electron chi connectivity index (χ2n) is 3.68. The average Bonchev–Trinajstić information content (AvgIpc) is 2.60. The molecule has 80 valence electrons. The topological polar surface area (TPSA) is 34.0 Å². The Morgan fingerprint density at radius 2 is 2.53 bits per heavy atom. The molecule has 0 aliphatic carbocycles. The van der Waals surface area contributed by atoms with Crippen molar-refractivity contribution in [1.29, 1.82) is 0 Å². The predicted molar refractivity (Wildman–Crippen MR) is 62.9 cm³/mol. The van der Waals surface area contributed by atoms with Crippen LogP contribution in [0.4, 0.5) is 0 Å². The highest BCUT2D eigenvalue weighted by molar-refractivity contribution is 9.10. The smallest absolute Gasteiger partial charge is 0.268 e. The lowest BCUT2D eigenvalue weighted by molar-refractivity contribution is 0.0913. The monoisotopic (exact) mass is 268 g/mol. The Morgan fingerprint density at radius 1 is 1.73 bits per heavy atom. The van der Waals surface area contributed by atoms with Gasteiger partial charge >= 0.3 is 0 Å². The predicted octanol–water partition coefficient (Wildman–Crippen LogP) is 2.50. The van der Waals surface area contributed by atoms with Gasteiger partial charge in [0.05, 0.1) is 6.04 Å². The molecule has 1 aliphatic heterocycles. The molecule has 4 heteroatoms. The number of carbonyl (C=O) groups excluding carboxylic acids is 1. The standard InChI is InChI=1S/C11H13BrN2O/c1-2-3-4-9-6-13-11(15)10-5-8(12)7-14(9)10/h2,5,7,9H,1,3-4,6H2,(H,13,15)/t9-/m1/s1. The molecule has 0 saturated carbocycles. The molecular weight excluding hydrogens is 256 g/mol. The lowest BCUT2D eigenvalue weighted by Gasteiger charge is -2.26. The maximum Gasteiger partial charge on any atom is 0.268 e. The molecule has 0 aromatic carbocycles. The number of carbonyl (C=O) groups is 1. The molecule has 0 unspecified atom stereocenters. The van der Waals surface area contributed by atoms with Crippen LogP contribution < -0.4 is 5.32 Å². The summed E-state index contributed by atoms with van der Waals surface area (Å²) in [5.74, 6) is 0.00977. The van der Waals surface area contributed by atoms with E-state index in [2.05, 4.69) is 27.8 Å². The lowest BCUT2D eigenvalue weighted by atomic mass is 10.1. The number of amides is 1. The van der Waals surface area contributed by atoms with E-state index in [1.807, 2.05) is 22.9 Å². The lowest BCUT2D eigenvalue weighted by Crippen LogP contribution is -2.38. The fourth-order valence-electron chi connectivity index (χ4n) is 1.88. The summed E-state index contributed by atoms with van der Waals surface area (Å²) in [6, 6.07) is 2.21. The van der Waals surface area contributed by atoms with Gasteiger partial charge in [0.1, 0.15) is 5.69 Å². The van der Waals surface area contributed by atoms with E-state index < -0.39 is 0 Å². The van der Waals surface area contributed by atoms with Gasteiger partial charge in [0.25, 0.3) is 5.91 Å². The summed E-state index contributed by atoms with van der Waals surface area (Å²) in [5.41, 5.74) is 0.738. The zero-order valence-electron chi connectivity index (χ0n) is 8.37. The Kier molecular flexibility index (Phi) is 2.95. The SMILES string of the molecule is C=CCC[C@@H]1CNC(=O)c2cc(Br)cn21. The van der Waals surface area contributed by atoms with E-state index in [0.717, 1.165) is 23.0 Å². The molecule has 0 fully saturated rings. The van der Waals surface area contributed by atoms with Crippen LogP contribution in [0.2, 0.25) is 0 Å². The molecule has 0 bridgehead atoms. The Balaban J connectivity index is 2.27. The first-order chi connectivity index (χ1) is 7.22. The third-order valence-electron chi connectivity index (χ3n) is 2.64. The first-order valence-electron chi connectivity index (χ1n) is 4.99. The highest BCUT2D eigenvalue weighted by Gasteiger charge is 2.24. The number of allylic oxidation sites excluding steroid dienone is 1. The van der Waals surface area contributed by atoms with Crippen molar-refractivity contribution < 1.29 is 4.79 Å². The van der Waals surface area contributed by atoms with Gasteiger partial charge in [0.15, 0.2) is 0 Å². The Labute approximate surface area is 97.3 Å². The van der Waals surface area contributed by atoms with Gasteiger partial charge in [-0.25, -0.2) is 0 Å². The summed E-state index contributed by atoms with van der Waals surface area (Å²) < 4.78 is 3.00. The van der Waals surface area contributed by atoms with Crippen molar-refractivity contribution in [2.24, 2.45) is 0 Å². The number of nitrogens with one attached hydrogen (secondary N) is 1. The highest BCUT2D eigenvalue weighted by atomic mass is 79.9. The molecule has 0 saturated heterocycles.